The summed E-state index contributed by atoms with van der Waals surface area (Å²) in [6, 6.07) is -0.216. The van der Waals surface area contributed by atoms with Crippen LogP contribution in [-0.2, 0) is 14.8 Å². The fourth-order valence-electron chi connectivity index (χ4n) is 1.17. The minimum absolute atomic E-state index is 0.216. The molecule has 1 atom stereocenters. The summed E-state index contributed by atoms with van der Waals surface area (Å²) < 4.78 is 24.6. The lowest BCUT2D eigenvalue weighted by Gasteiger charge is -2.26. The van der Waals surface area contributed by atoms with Crippen molar-refractivity contribution >= 4 is 16.0 Å². The van der Waals surface area contributed by atoms with Crippen LogP contribution in [0.3, 0.4) is 0 Å². The van der Waals surface area contributed by atoms with Gasteiger partial charge in [-0.05, 0) is 20.8 Å². The number of carbonyl (C=O) groups is 1. The second-order valence-corrected chi connectivity index (χ2v) is 5.53. The van der Waals surface area contributed by atoms with Gasteiger partial charge in [-0.15, -0.1) is 0 Å². The molecule has 0 aliphatic heterocycles. The van der Waals surface area contributed by atoms with Gasteiger partial charge in [-0.25, -0.2) is 8.42 Å². The predicted molar refractivity (Wildman–Crippen MR) is 53.5 cm³/mol. The number of carboxylic acids is 1. The number of aliphatic carboxylic acids is 1. The molecule has 6 heteroatoms. The average molecular weight is 223 g/mol. The summed E-state index contributed by atoms with van der Waals surface area (Å²) in [6.07, 6.45) is 0. The third-order valence-corrected chi connectivity index (χ3v) is 4.44. The summed E-state index contributed by atoms with van der Waals surface area (Å²) >= 11 is 0. The van der Waals surface area contributed by atoms with E-state index in [-0.39, 0.29) is 12.6 Å². The van der Waals surface area contributed by atoms with Crippen LogP contribution in [0.2, 0.25) is 0 Å². The van der Waals surface area contributed by atoms with Crippen molar-refractivity contribution in [1.29, 1.82) is 0 Å². The lowest BCUT2D eigenvalue weighted by Crippen LogP contribution is -2.44. The Kier molecular flexibility index (Phi) is 4.54. The van der Waals surface area contributed by atoms with Crippen molar-refractivity contribution in [1.82, 2.24) is 4.31 Å². The molecule has 0 rings (SSSR count). The lowest BCUT2D eigenvalue weighted by molar-refractivity contribution is -0.136. The molecule has 0 saturated carbocycles. The van der Waals surface area contributed by atoms with E-state index in [2.05, 4.69) is 0 Å². The normalized spacial score (nSPS) is 14.7. The van der Waals surface area contributed by atoms with Crippen LogP contribution in [0.15, 0.2) is 0 Å². The maximum atomic E-state index is 11.7. The minimum Gasteiger partial charge on any atom is -0.480 e. The molecule has 0 aromatic carbocycles. The molecule has 84 valence electrons. The van der Waals surface area contributed by atoms with Crippen molar-refractivity contribution in [3.05, 3.63) is 0 Å². The largest absolute Gasteiger partial charge is 0.480 e. The number of nitrogens with zero attached hydrogens (tertiary/aromatic N) is 1. The number of rotatable bonds is 5. The standard InChI is InChI=1S/C8H17NO4S/c1-5-9(6(2)3)14(12,13)7(4)8(10)11/h6-7H,5H2,1-4H3,(H,10,11). The van der Waals surface area contributed by atoms with Crippen molar-refractivity contribution in [2.45, 2.75) is 39.0 Å². The van der Waals surface area contributed by atoms with Gasteiger partial charge in [0.2, 0.25) is 10.0 Å². The van der Waals surface area contributed by atoms with Crippen molar-refractivity contribution in [2.24, 2.45) is 0 Å². The molecule has 0 aliphatic rings. The van der Waals surface area contributed by atoms with Gasteiger partial charge in [-0.3, -0.25) is 4.79 Å². The first kappa shape index (κ1) is 13.4. The van der Waals surface area contributed by atoms with Crippen LogP contribution in [-0.4, -0.2) is 41.6 Å². The molecule has 0 spiro atoms. The summed E-state index contributed by atoms with van der Waals surface area (Å²) in [5, 5.41) is 7.25. The van der Waals surface area contributed by atoms with E-state index in [1.165, 1.54) is 11.2 Å². The summed E-state index contributed by atoms with van der Waals surface area (Å²) in [5.74, 6) is -1.32. The minimum atomic E-state index is -3.72. The molecule has 0 bridgehead atoms. The van der Waals surface area contributed by atoms with E-state index >= 15 is 0 Å². The van der Waals surface area contributed by atoms with Gasteiger partial charge in [0.15, 0.2) is 5.25 Å². The van der Waals surface area contributed by atoms with Crippen molar-refractivity contribution in [2.75, 3.05) is 6.54 Å². The van der Waals surface area contributed by atoms with Crippen LogP contribution in [0.1, 0.15) is 27.7 Å². The van der Waals surface area contributed by atoms with E-state index < -0.39 is 21.2 Å². The van der Waals surface area contributed by atoms with Crippen molar-refractivity contribution in [3.63, 3.8) is 0 Å². The Morgan fingerprint density at radius 2 is 1.79 bits per heavy atom. The molecule has 0 aromatic heterocycles. The molecule has 0 aromatic rings. The zero-order valence-corrected chi connectivity index (χ0v) is 9.71. The maximum absolute atomic E-state index is 11.7. The number of carboxylic acid groups (broad SMARTS) is 1. The van der Waals surface area contributed by atoms with Gasteiger partial charge in [0.1, 0.15) is 0 Å². The fraction of sp³-hybridized carbons (Fsp3) is 0.875. The van der Waals surface area contributed by atoms with Crippen molar-refractivity contribution < 1.29 is 18.3 Å². The van der Waals surface area contributed by atoms with E-state index in [1.54, 1.807) is 20.8 Å². The summed E-state index contributed by atoms with van der Waals surface area (Å²) in [7, 11) is -3.72. The topological polar surface area (TPSA) is 74.7 Å². The molecule has 0 amide bonds. The zero-order valence-electron chi connectivity index (χ0n) is 8.89. The Morgan fingerprint density at radius 3 is 2.00 bits per heavy atom. The highest BCUT2D eigenvalue weighted by atomic mass is 32.2. The number of hydrogen-bond acceptors (Lipinski definition) is 3. The maximum Gasteiger partial charge on any atom is 0.323 e. The molecule has 0 heterocycles. The second kappa shape index (κ2) is 4.75. The van der Waals surface area contributed by atoms with Crippen LogP contribution in [0.4, 0.5) is 0 Å². The summed E-state index contributed by atoms with van der Waals surface area (Å²) in [4.78, 5) is 10.6. The third kappa shape index (κ3) is 2.68. The van der Waals surface area contributed by atoms with Gasteiger partial charge < -0.3 is 5.11 Å². The smallest absolute Gasteiger partial charge is 0.323 e. The van der Waals surface area contributed by atoms with E-state index in [0.717, 1.165) is 0 Å². The second-order valence-electron chi connectivity index (χ2n) is 3.32. The number of hydrogen-bond donors (Lipinski definition) is 1. The fourth-order valence-corrected chi connectivity index (χ4v) is 2.78. The molecule has 1 unspecified atom stereocenters. The molecular weight excluding hydrogens is 206 g/mol. The highest BCUT2D eigenvalue weighted by Gasteiger charge is 2.34. The summed E-state index contributed by atoms with van der Waals surface area (Å²) in [6.45, 7) is 6.59. The van der Waals surface area contributed by atoms with Gasteiger partial charge in [0.25, 0.3) is 0 Å². The highest BCUT2D eigenvalue weighted by Crippen LogP contribution is 2.12. The zero-order chi connectivity index (χ0) is 11.5. The lowest BCUT2D eigenvalue weighted by atomic mass is 10.4. The molecule has 1 N–H and O–H groups in total. The monoisotopic (exact) mass is 223 g/mol. The van der Waals surface area contributed by atoms with Gasteiger partial charge >= 0.3 is 5.97 Å². The van der Waals surface area contributed by atoms with E-state index in [4.69, 9.17) is 5.11 Å². The SMILES string of the molecule is CCN(C(C)C)S(=O)(=O)C(C)C(=O)O. The van der Waals surface area contributed by atoms with Gasteiger partial charge in [0.05, 0.1) is 0 Å². The van der Waals surface area contributed by atoms with Gasteiger partial charge in [0, 0.05) is 12.6 Å². The quantitative estimate of drug-likeness (QED) is 0.737. The first-order chi connectivity index (χ1) is 6.25. The van der Waals surface area contributed by atoms with E-state index in [0.29, 0.717) is 0 Å². The molecule has 14 heavy (non-hydrogen) atoms. The molecule has 0 saturated heterocycles. The Bertz CT molecular complexity index is 296. The Morgan fingerprint density at radius 1 is 1.36 bits per heavy atom. The van der Waals surface area contributed by atoms with Crippen LogP contribution in [0.5, 0.6) is 0 Å². The van der Waals surface area contributed by atoms with Gasteiger partial charge in [-0.1, -0.05) is 6.92 Å². The Hall–Kier alpha value is -0.620. The van der Waals surface area contributed by atoms with Crippen LogP contribution in [0.25, 0.3) is 0 Å². The summed E-state index contributed by atoms with van der Waals surface area (Å²) in [5.41, 5.74) is 0. The highest BCUT2D eigenvalue weighted by molar-refractivity contribution is 7.90. The van der Waals surface area contributed by atoms with Gasteiger partial charge in [-0.2, -0.15) is 4.31 Å². The van der Waals surface area contributed by atoms with Crippen molar-refractivity contribution in [3.8, 4) is 0 Å². The first-order valence-corrected chi connectivity index (χ1v) is 5.98. The molecule has 0 aliphatic carbocycles. The molecule has 0 fully saturated rings. The van der Waals surface area contributed by atoms with Crippen LogP contribution >= 0.6 is 0 Å². The Balaban J connectivity index is 5.02. The predicted octanol–water partition coefficient (Wildman–Crippen LogP) is 0.520. The third-order valence-electron chi connectivity index (χ3n) is 2.01. The Labute approximate surface area is 84.8 Å². The average Bonchev–Trinajstić information content (AvgIpc) is 2.02. The van der Waals surface area contributed by atoms with E-state index in [9.17, 15) is 13.2 Å². The first-order valence-electron chi connectivity index (χ1n) is 4.48. The van der Waals surface area contributed by atoms with Crippen LogP contribution in [0, 0.1) is 0 Å². The number of sulfonamides is 1. The van der Waals surface area contributed by atoms with E-state index in [1.807, 2.05) is 0 Å². The molecule has 5 nitrogen and oxygen atoms in total. The van der Waals surface area contributed by atoms with Crippen LogP contribution < -0.4 is 0 Å². The molecular formula is C8H17NO4S. The molecule has 0 radical (unpaired) electrons.